The maximum atomic E-state index is 6.11. The van der Waals surface area contributed by atoms with Crippen molar-refractivity contribution >= 4 is 35.0 Å². The first-order valence-electron chi connectivity index (χ1n) is 6.36. The highest BCUT2D eigenvalue weighted by molar-refractivity contribution is 7.99. The van der Waals surface area contributed by atoms with Crippen molar-refractivity contribution in [1.29, 1.82) is 0 Å². The molecule has 0 saturated carbocycles. The van der Waals surface area contributed by atoms with Gasteiger partial charge in [-0.15, -0.1) is 16.9 Å². The molecule has 0 aliphatic rings. The van der Waals surface area contributed by atoms with Crippen LogP contribution in [0.25, 0.3) is 0 Å². The Labute approximate surface area is 132 Å². The maximum Gasteiger partial charge on any atom is 0.0827 e. The monoisotopic (exact) mass is 330 g/mol. The lowest BCUT2D eigenvalue weighted by molar-refractivity contribution is 0.632. The van der Waals surface area contributed by atoms with Crippen LogP contribution in [-0.4, -0.2) is 27.3 Å². The van der Waals surface area contributed by atoms with Crippen LogP contribution in [0.3, 0.4) is 0 Å². The van der Waals surface area contributed by atoms with Crippen molar-refractivity contribution in [3.05, 3.63) is 40.1 Å². The van der Waals surface area contributed by atoms with Gasteiger partial charge >= 0.3 is 0 Å². The summed E-state index contributed by atoms with van der Waals surface area (Å²) in [7, 11) is 0. The molecule has 0 fully saturated rings. The molecule has 0 aliphatic heterocycles. The number of aryl methyl sites for hydroxylation is 2. The molecule has 0 unspecified atom stereocenters. The Morgan fingerprint density at radius 1 is 1.30 bits per heavy atom. The number of aromatic nitrogens is 3. The van der Waals surface area contributed by atoms with Gasteiger partial charge in [0, 0.05) is 21.9 Å². The third-order valence-corrected chi connectivity index (χ3v) is 4.41. The average Bonchev–Trinajstić information content (AvgIpc) is 2.88. The zero-order valence-corrected chi connectivity index (χ0v) is 13.3. The van der Waals surface area contributed by atoms with Crippen molar-refractivity contribution in [3.8, 4) is 0 Å². The lowest BCUT2D eigenvalue weighted by atomic mass is 10.2. The molecule has 1 aromatic carbocycles. The quantitative estimate of drug-likeness (QED) is 0.791. The first kappa shape index (κ1) is 15.6. The molecule has 2 aromatic rings. The molecule has 0 spiro atoms. The molecule has 0 amide bonds. The van der Waals surface area contributed by atoms with Crippen LogP contribution in [0.4, 0.5) is 0 Å². The topological polar surface area (TPSA) is 56.7 Å². The summed E-state index contributed by atoms with van der Waals surface area (Å²) in [5.41, 5.74) is 6.46. The molecule has 2 N–H and O–H groups in total. The largest absolute Gasteiger partial charge is 0.330 e. The fourth-order valence-corrected chi connectivity index (χ4v) is 3.11. The van der Waals surface area contributed by atoms with Gasteiger partial charge in [-0.3, -0.25) is 4.68 Å². The van der Waals surface area contributed by atoms with E-state index in [2.05, 4.69) is 10.3 Å². The van der Waals surface area contributed by atoms with Gasteiger partial charge in [0.15, 0.2) is 0 Å². The maximum absolute atomic E-state index is 6.11. The van der Waals surface area contributed by atoms with E-state index in [1.807, 2.05) is 23.0 Å². The number of hydrogen-bond acceptors (Lipinski definition) is 4. The third kappa shape index (κ3) is 4.66. The first-order valence-corrected chi connectivity index (χ1v) is 8.10. The van der Waals surface area contributed by atoms with Gasteiger partial charge in [-0.05, 0) is 37.6 Å². The first-order chi connectivity index (χ1) is 9.69. The summed E-state index contributed by atoms with van der Waals surface area (Å²) in [6.45, 7) is 1.46. The minimum absolute atomic E-state index is 0.677. The van der Waals surface area contributed by atoms with E-state index >= 15 is 0 Å². The summed E-state index contributed by atoms with van der Waals surface area (Å²) in [5.74, 6) is 0.861. The predicted octanol–water partition coefficient (Wildman–Crippen LogP) is 3.27. The summed E-state index contributed by atoms with van der Waals surface area (Å²) >= 11 is 13.7. The van der Waals surface area contributed by atoms with E-state index in [9.17, 15) is 0 Å². The van der Waals surface area contributed by atoms with Crippen LogP contribution in [0.2, 0.25) is 10.0 Å². The molecule has 0 aliphatic carbocycles. The molecular formula is C13H16Cl2N4S. The SMILES string of the molecule is NCCCc1cn(CCSc2cc(Cl)ccc2Cl)nn1. The lowest BCUT2D eigenvalue weighted by Crippen LogP contribution is -2.01. The molecule has 0 radical (unpaired) electrons. The number of hydrogen-bond donors (Lipinski definition) is 1. The van der Waals surface area contributed by atoms with Crippen LogP contribution in [0.5, 0.6) is 0 Å². The van der Waals surface area contributed by atoms with Crippen molar-refractivity contribution in [2.24, 2.45) is 5.73 Å². The Morgan fingerprint density at radius 2 is 2.15 bits per heavy atom. The van der Waals surface area contributed by atoms with Crippen molar-refractivity contribution in [2.45, 2.75) is 24.3 Å². The average molecular weight is 331 g/mol. The standard InChI is InChI=1S/C13H16Cl2N4S/c14-10-3-4-12(15)13(8-10)20-7-6-19-9-11(17-18-19)2-1-5-16/h3-4,8-9H,1-2,5-7,16H2. The second kappa shape index (κ2) is 7.88. The molecular weight excluding hydrogens is 315 g/mol. The van der Waals surface area contributed by atoms with E-state index in [-0.39, 0.29) is 0 Å². The number of rotatable bonds is 7. The van der Waals surface area contributed by atoms with E-state index < -0.39 is 0 Å². The smallest absolute Gasteiger partial charge is 0.0827 e. The van der Waals surface area contributed by atoms with Gasteiger partial charge in [0.05, 0.1) is 17.3 Å². The predicted molar refractivity (Wildman–Crippen MR) is 84.6 cm³/mol. The summed E-state index contributed by atoms with van der Waals surface area (Å²) in [5, 5.41) is 9.63. The van der Waals surface area contributed by atoms with E-state index in [1.165, 1.54) is 0 Å². The Hall–Kier alpha value is -0.750. The second-order valence-electron chi connectivity index (χ2n) is 4.29. The Morgan fingerprint density at radius 3 is 2.95 bits per heavy atom. The van der Waals surface area contributed by atoms with Gasteiger partial charge in [0.25, 0.3) is 0 Å². The van der Waals surface area contributed by atoms with Gasteiger partial charge in [-0.2, -0.15) is 0 Å². The molecule has 0 saturated heterocycles. The van der Waals surface area contributed by atoms with Crippen LogP contribution in [-0.2, 0) is 13.0 Å². The summed E-state index contributed by atoms with van der Waals surface area (Å²) in [6.07, 6.45) is 3.78. The number of thioether (sulfide) groups is 1. The molecule has 0 bridgehead atoms. The highest BCUT2D eigenvalue weighted by atomic mass is 35.5. The minimum Gasteiger partial charge on any atom is -0.330 e. The Balaban J connectivity index is 1.83. The summed E-state index contributed by atoms with van der Waals surface area (Å²) in [6, 6.07) is 5.48. The molecule has 1 aromatic heterocycles. The van der Waals surface area contributed by atoms with Gasteiger partial charge in [0.1, 0.15) is 0 Å². The molecule has 108 valence electrons. The van der Waals surface area contributed by atoms with E-state index in [0.29, 0.717) is 11.6 Å². The van der Waals surface area contributed by atoms with Crippen LogP contribution in [0, 0.1) is 0 Å². The van der Waals surface area contributed by atoms with Crippen LogP contribution >= 0.6 is 35.0 Å². The Bertz CT molecular complexity index is 559. The van der Waals surface area contributed by atoms with Crippen LogP contribution < -0.4 is 5.73 Å². The highest BCUT2D eigenvalue weighted by Gasteiger charge is 2.04. The molecule has 0 atom stereocenters. The zero-order chi connectivity index (χ0) is 14.4. The summed E-state index contributed by atoms with van der Waals surface area (Å²) < 4.78 is 1.84. The van der Waals surface area contributed by atoms with Crippen molar-refractivity contribution in [2.75, 3.05) is 12.3 Å². The molecule has 4 nitrogen and oxygen atoms in total. The van der Waals surface area contributed by atoms with Gasteiger partial charge < -0.3 is 5.73 Å². The van der Waals surface area contributed by atoms with Crippen LogP contribution in [0.1, 0.15) is 12.1 Å². The van der Waals surface area contributed by atoms with Crippen LogP contribution in [0.15, 0.2) is 29.3 Å². The number of halogens is 2. The fourth-order valence-electron chi connectivity index (χ4n) is 1.68. The molecule has 20 heavy (non-hydrogen) atoms. The van der Waals surface area contributed by atoms with E-state index in [1.54, 1.807) is 17.8 Å². The van der Waals surface area contributed by atoms with Crippen molar-refractivity contribution < 1.29 is 0 Å². The van der Waals surface area contributed by atoms with Gasteiger partial charge in [-0.25, -0.2) is 0 Å². The van der Waals surface area contributed by atoms with Crippen molar-refractivity contribution in [1.82, 2.24) is 15.0 Å². The van der Waals surface area contributed by atoms with E-state index in [4.69, 9.17) is 28.9 Å². The van der Waals surface area contributed by atoms with Gasteiger partial charge in [-0.1, -0.05) is 28.4 Å². The zero-order valence-electron chi connectivity index (χ0n) is 10.9. The molecule has 7 heteroatoms. The second-order valence-corrected chi connectivity index (χ2v) is 6.27. The summed E-state index contributed by atoms with van der Waals surface area (Å²) in [4.78, 5) is 0.989. The third-order valence-electron chi connectivity index (χ3n) is 2.69. The normalized spacial score (nSPS) is 10.9. The number of nitrogens with zero attached hydrogens (tertiary/aromatic N) is 3. The Kier molecular flexibility index (Phi) is 6.16. The lowest BCUT2D eigenvalue weighted by Gasteiger charge is -2.04. The number of benzene rings is 1. The number of nitrogens with two attached hydrogens (primary N) is 1. The molecule has 1 heterocycles. The highest BCUT2D eigenvalue weighted by Crippen LogP contribution is 2.29. The molecule has 2 rings (SSSR count). The fraction of sp³-hybridized carbons (Fsp3) is 0.385. The van der Waals surface area contributed by atoms with E-state index in [0.717, 1.165) is 40.8 Å². The van der Waals surface area contributed by atoms with Crippen molar-refractivity contribution in [3.63, 3.8) is 0 Å². The van der Waals surface area contributed by atoms with Gasteiger partial charge in [0.2, 0.25) is 0 Å². The minimum atomic E-state index is 0.677.